The quantitative estimate of drug-likeness (QED) is 0.821. The maximum atomic E-state index is 12.5. The van der Waals surface area contributed by atoms with Gasteiger partial charge in [0.15, 0.2) is 0 Å². The molecule has 3 aliphatic rings. The Morgan fingerprint density at radius 2 is 2.00 bits per heavy atom. The maximum absolute atomic E-state index is 12.5. The summed E-state index contributed by atoms with van der Waals surface area (Å²) in [4.78, 5) is 15.0. The molecule has 0 aromatic heterocycles. The summed E-state index contributed by atoms with van der Waals surface area (Å²) in [5, 5.41) is 3.16. The van der Waals surface area contributed by atoms with Crippen molar-refractivity contribution in [3.63, 3.8) is 0 Å². The Morgan fingerprint density at radius 1 is 1.21 bits per heavy atom. The summed E-state index contributed by atoms with van der Waals surface area (Å²) < 4.78 is 11.8. The zero-order chi connectivity index (χ0) is 19.8. The van der Waals surface area contributed by atoms with Crippen LogP contribution in [0.5, 0.6) is 5.75 Å². The van der Waals surface area contributed by atoms with Gasteiger partial charge < -0.3 is 14.8 Å². The number of fused-ring (bicyclic) bond motifs is 1. The molecule has 3 aliphatic heterocycles. The highest BCUT2D eigenvalue weighted by Crippen LogP contribution is 2.54. The Balaban J connectivity index is 1.23. The first-order chi connectivity index (χ1) is 14.2. The highest BCUT2D eigenvalue weighted by molar-refractivity contribution is 5.94. The van der Waals surface area contributed by atoms with Crippen LogP contribution in [-0.4, -0.2) is 49.3 Å². The van der Waals surface area contributed by atoms with Crippen LogP contribution in [0.15, 0.2) is 54.6 Å². The van der Waals surface area contributed by atoms with Crippen LogP contribution in [0, 0.1) is 11.8 Å². The van der Waals surface area contributed by atoms with Gasteiger partial charge in [0, 0.05) is 43.6 Å². The second-order valence-corrected chi connectivity index (χ2v) is 8.62. The van der Waals surface area contributed by atoms with E-state index in [4.69, 9.17) is 9.47 Å². The van der Waals surface area contributed by atoms with Gasteiger partial charge in [-0.1, -0.05) is 30.3 Å². The van der Waals surface area contributed by atoms with Gasteiger partial charge in [-0.25, -0.2) is 0 Å². The molecule has 1 amide bonds. The molecule has 5 rings (SSSR count). The van der Waals surface area contributed by atoms with Crippen LogP contribution >= 0.6 is 0 Å². The summed E-state index contributed by atoms with van der Waals surface area (Å²) in [5.41, 5.74) is 2.00. The fraction of sp³-hybridized carbons (Fsp3) is 0.458. The normalized spacial score (nSPS) is 30.3. The molecule has 0 aliphatic carbocycles. The van der Waals surface area contributed by atoms with Gasteiger partial charge in [-0.2, -0.15) is 0 Å². The van der Waals surface area contributed by atoms with Gasteiger partial charge in [-0.15, -0.1) is 0 Å². The number of nitrogens with zero attached hydrogens (tertiary/aromatic N) is 1. The standard InChI is InChI=1S/C24H28N2O3/c1-28-19-9-7-17(8-10-19)14-26-15-21-20(22-11-12-24(21,16-26)29-22)13-25-23(27)18-5-3-2-4-6-18/h2-10,20-22H,11-16H2,1H3,(H,25,27)/t20-,21+,22+,24+/m0/s1. The van der Waals surface area contributed by atoms with Gasteiger partial charge in [0.2, 0.25) is 0 Å². The van der Waals surface area contributed by atoms with Crippen molar-refractivity contribution < 1.29 is 14.3 Å². The number of methoxy groups -OCH3 is 1. The van der Waals surface area contributed by atoms with E-state index in [2.05, 4.69) is 22.3 Å². The van der Waals surface area contributed by atoms with Crippen molar-refractivity contribution >= 4 is 5.91 Å². The van der Waals surface area contributed by atoms with Crippen molar-refractivity contribution in [2.24, 2.45) is 11.8 Å². The first kappa shape index (κ1) is 18.6. The molecular formula is C24H28N2O3. The largest absolute Gasteiger partial charge is 0.497 e. The predicted octanol–water partition coefficient (Wildman–Crippen LogP) is 3.10. The summed E-state index contributed by atoms with van der Waals surface area (Å²) in [7, 11) is 1.69. The van der Waals surface area contributed by atoms with Crippen LogP contribution in [0.3, 0.4) is 0 Å². The third-order valence-corrected chi connectivity index (χ3v) is 6.95. The van der Waals surface area contributed by atoms with Gasteiger partial charge in [0.1, 0.15) is 5.75 Å². The van der Waals surface area contributed by atoms with Crippen molar-refractivity contribution in [1.82, 2.24) is 10.2 Å². The third kappa shape index (κ3) is 3.43. The second-order valence-electron chi connectivity index (χ2n) is 8.62. The molecule has 3 fully saturated rings. The zero-order valence-corrected chi connectivity index (χ0v) is 16.8. The fourth-order valence-electron chi connectivity index (χ4n) is 5.57. The predicted molar refractivity (Wildman–Crippen MR) is 111 cm³/mol. The minimum atomic E-state index is -0.0146. The van der Waals surface area contributed by atoms with Crippen molar-refractivity contribution in [3.05, 3.63) is 65.7 Å². The van der Waals surface area contributed by atoms with Crippen molar-refractivity contribution in [2.75, 3.05) is 26.7 Å². The van der Waals surface area contributed by atoms with E-state index in [0.29, 0.717) is 24.5 Å². The number of hydrogen-bond donors (Lipinski definition) is 1. The molecule has 1 N–H and O–H groups in total. The summed E-state index contributed by atoms with van der Waals surface area (Å²) in [6.45, 7) is 3.65. The molecule has 152 valence electrons. The number of rotatable bonds is 6. The monoisotopic (exact) mass is 392 g/mol. The van der Waals surface area contributed by atoms with E-state index >= 15 is 0 Å². The van der Waals surface area contributed by atoms with Crippen molar-refractivity contribution in [3.8, 4) is 5.75 Å². The Bertz CT molecular complexity index is 869. The minimum Gasteiger partial charge on any atom is -0.497 e. The Hall–Kier alpha value is -2.37. The van der Waals surface area contributed by atoms with Gasteiger partial charge in [-0.05, 0) is 42.7 Å². The van der Waals surface area contributed by atoms with E-state index in [1.807, 2.05) is 42.5 Å². The number of hydrogen-bond acceptors (Lipinski definition) is 4. The van der Waals surface area contributed by atoms with Crippen molar-refractivity contribution in [2.45, 2.75) is 31.1 Å². The van der Waals surface area contributed by atoms with E-state index < -0.39 is 0 Å². The molecule has 29 heavy (non-hydrogen) atoms. The molecule has 0 unspecified atom stereocenters. The molecule has 5 heteroatoms. The molecule has 5 nitrogen and oxygen atoms in total. The van der Waals surface area contributed by atoms with E-state index in [1.54, 1.807) is 7.11 Å². The second kappa shape index (κ2) is 7.47. The van der Waals surface area contributed by atoms with Crippen LogP contribution in [0.4, 0.5) is 0 Å². The summed E-state index contributed by atoms with van der Waals surface area (Å²) in [6, 6.07) is 17.8. The van der Waals surface area contributed by atoms with Crippen LogP contribution in [0.25, 0.3) is 0 Å². The molecule has 2 aromatic carbocycles. The lowest BCUT2D eigenvalue weighted by atomic mass is 9.73. The third-order valence-electron chi connectivity index (χ3n) is 6.95. The van der Waals surface area contributed by atoms with Gasteiger partial charge in [0.05, 0.1) is 18.8 Å². The Labute approximate surface area is 172 Å². The van der Waals surface area contributed by atoms with E-state index in [9.17, 15) is 4.79 Å². The first-order valence-corrected chi connectivity index (χ1v) is 10.5. The topological polar surface area (TPSA) is 50.8 Å². The molecule has 2 aromatic rings. The van der Waals surface area contributed by atoms with E-state index in [1.165, 1.54) is 5.56 Å². The van der Waals surface area contributed by atoms with Crippen LogP contribution in [-0.2, 0) is 11.3 Å². The molecular weight excluding hydrogens is 364 g/mol. The van der Waals surface area contributed by atoms with Crippen LogP contribution < -0.4 is 10.1 Å². The molecule has 1 spiro atoms. The lowest BCUT2D eigenvalue weighted by molar-refractivity contribution is 0.00212. The highest BCUT2D eigenvalue weighted by Gasteiger charge is 2.62. The number of carbonyl (C=O) groups is 1. The van der Waals surface area contributed by atoms with Crippen LogP contribution in [0.1, 0.15) is 28.8 Å². The summed E-state index contributed by atoms with van der Waals surface area (Å²) in [6.07, 6.45) is 2.54. The smallest absolute Gasteiger partial charge is 0.251 e. The SMILES string of the molecule is COc1ccc(CN2C[C@@H]3[C@H](CNC(=O)c4ccccc4)[C@H]4CC[C@]3(C2)O4)cc1. The summed E-state index contributed by atoms with van der Waals surface area (Å²) >= 11 is 0. The van der Waals surface area contributed by atoms with E-state index in [-0.39, 0.29) is 11.5 Å². The lowest BCUT2D eigenvalue weighted by Gasteiger charge is -2.29. The first-order valence-electron chi connectivity index (χ1n) is 10.5. The lowest BCUT2D eigenvalue weighted by Crippen LogP contribution is -2.41. The summed E-state index contributed by atoms with van der Waals surface area (Å²) in [5.74, 6) is 1.80. The maximum Gasteiger partial charge on any atom is 0.251 e. The van der Waals surface area contributed by atoms with E-state index in [0.717, 1.165) is 43.8 Å². The van der Waals surface area contributed by atoms with Gasteiger partial charge in [0.25, 0.3) is 5.91 Å². The highest BCUT2D eigenvalue weighted by atomic mass is 16.5. The Morgan fingerprint density at radius 3 is 2.76 bits per heavy atom. The molecule has 4 atom stereocenters. The minimum absolute atomic E-state index is 0.00973. The number of nitrogens with one attached hydrogen (secondary N) is 1. The van der Waals surface area contributed by atoms with Crippen molar-refractivity contribution in [1.29, 1.82) is 0 Å². The molecule has 2 bridgehead atoms. The molecule has 3 saturated heterocycles. The zero-order valence-electron chi connectivity index (χ0n) is 16.8. The van der Waals surface area contributed by atoms with Gasteiger partial charge >= 0.3 is 0 Å². The van der Waals surface area contributed by atoms with Crippen LogP contribution in [0.2, 0.25) is 0 Å². The average Bonchev–Trinajstić information content (AvgIpc) is 3.41. The molecule has 3 heterocycles. The molecule has 0 radical (unpaired) electrons. The number of carbonyl (C=O) groups excluding carboxylic acids is 1. The average molecular weight is 392 g/mol. The fourth-order valence-corrected chi connectivity index (χ4v) is 5.57. The molecule has 0 saturated carbocycles. The van der Waals surface area contributed by atoms with Gasteiger partial charge in [-0.3, -0.25) is 9.69 Å². The number of amides is 1. The number of benzene rings is 2. The number of likely N-dealkylation sites (tertiary alicyclic amines) is 1. The number of ether oxygens (including phenoxy) is 2. The Kier molecular flexibility index (Phi) is 4.80.